The number of aromatic amines is 1. The maximum absolute atomic E-state index is 12.7. The molecule has 1 fully saturated rings. The molecular weight excluding hydrogens is 320 g/mol. The molecule has 7 heteroatoms. The minimum atomic E-state index is -0.406. The Balaban J connectivity index is 1.71. The Kier molecular flexibility index (Phi) is 4.92. The van der Waals surface area contributed by atoms with E-state index in [2.05, 4.69) is 10.2 Å². The second-order valence-electron chi connectivity index (χ2n) is 5.98. The molecule has 3 rings (SSSR count). The van der Waals surface area contributed by atoms with E-state index in [9.17, 15) is 14.4 Å². The molecule has 1 unspecified atom stereocenters. The van der Waals surface area contributed by atoms with Crippen LogP contribution in [0.15, 0.2) is 47.4 Å². The molecule has 0 spiro atoms. The quantitative estimate of drug-likeness (QED) is 0.904. The Labute approximate surface area is 145 Å². The van der Waals surface area contributed by atoms with E-state index in [1.54, 1.807) is 21.9 Å². The highest BCUT2D eigenvalue weighted by Crippen LogP contribution is 2.19. The lowest BCUT2D eigenvalue weighted by atomic mass is 10.1. The van der Waals surface area contributed by atoms with Crippen molar-refractivity contribution in [1.82, 2.24) is 20.0 Å². The number of hydrogen-bond acceptors (Lipinski definition) is 4. The fraction of sp³-hybridized carbons (Fsp3) is 0.333. The number of hydrogen-bond donors (Lipinski definition) is 1. The first-order valence-corrected chi connectivity index (χ1v) is 8.30. The van der Waals surface area contributed by atoms with E-state index in [0.717, 1.165) is 6.42 Å². The molecule has 1 N–H and O–H groups in total. The number of amides is 2. The molecule has 1 aromatic heterocycles. The fourth-order valence-corrected chi connectivity index (χ4v) is 3.17. The van der Waals surface area contributed by atoms with E-state index in [-0.39, 0.29) is 23.4 Å². The number of likely N-dealkylation sites (tertiary alicyclic amines) is 1. The van der Waals surface area contributed by atoms with Crippen LogP contribution in [0.5, 0.6) is 0 Å². The highest BCUT2D eigenvalue weighted by Gasteiger charge is 2.33. The summed E-state index contributed by atoms with van der Waals surface area (Å²) in [5.74, 6) is -0.260. The third-order valence-corrected chi connectivity index (χ3v) is 4.43. The van der Waals surface area contributed by atoms with Gasteiger partial charge in [0.15, 0.2) is 0 Å². The molecule has 2 aromatic rings. The first-order valence-electron chi connectivity index (χ1n) is 8.30. The van der Waals surface area contributed by atoms with E-state index in [1.807, 2.05) is 25.1 Å². The van der Waals surface area contributed by atoms with Gasteiger partial charge in [0.25, 0.3) is 17.4 Å². The van der Waals surface area contributed by atoms with Crippen LogP contribution in [0.25, 0.3) is 0 Å². The number of rotatable bonds is 4. The molecule has 0 radical (unpaired) electrons. The van der Waals surface area contributed by atoms with Crippen molar-refractivity contribution in [3.63, 3.8) is 0 Å². The minimum Gasteiger partial charge on any atom is -0.336 e. The number of nitrogens with one attached hydrogen (secondary N) is 1. The average molecular weight is 340 g/mol. The normalized spacial score (nSPS) is 16.7. The number of aromatic nitrogens is 2. The molecule has 25 heavy (non-hydrogen) atoms. The Morgan fingerprint density at radius 2 is 2.04 bits per heavy atom. The third-order valence-electron chi connectivity index (χ3n) is 4.43. The van der Waals surface area contributed by atoms with Gasteiger partial charge < -0.3 is 9.80 Å². The summed E-state index contributed by atoms with van der Waals surface area (Å²) in [5, 5.41) is 5.92. The van der Waals surface area contributed by atoms with Gasteiger partial charge in [-0.1, -0.05) is 18.2 Å². The minimum absolute atomic E-state index is 0.0276. The van der Waals surface area contributed by atoms with Crippen LogP contribution in [-0.4, -0.2) is 57.5 Å². The number of nitrogens with zero attached hydrogens (tertiary/aromatic N) is 3. The van der Waals surface area contributed by atoms with Crippen molar-refractivity contribution in [2.24, 2.45) is 0 Å². The van der Waals surface area contributed by atoms with Gasteiger partial charge in [0.05, 0.1) is 17.8 Å². The third kappa shape index (κ3) is 3.60. The van der Waals surface area contributed by atoms with Gasteiger partial charge in [-0.25, -0.2) is 5.10 Å². The molecule has 1 saturated heterocycles. The molecular formula is C18H20N4O3. The lowest BCUT2D eigenvalue weighted by Gasteiger charge is -2.28. The zero-order valence-corrected chi connectivity index (χ0v) is 14.0. The standard InChI is InChI=1S/C18H20N4O3/c1-2-22(18(25)13-6-4-3-5-7-13)15-8-9-21(12-15)17(24)14-10-16(23)20-19-11-14/h3-7,10-11,15H,2,8-9,12H2,1H3,(H,20,23). The lowest BCUT2D eigenvalue weighted by Crippen LogP contribution is -2.42. The van der Waals surface area contributed by atoms with E-state index >= 15 is 0 Å². The largest absolute Gasteiger partial charge is 0.336 e. The van der Waals surface area contributed by atoms with Gasteiger partial charge in [-0.2, -0.15) is 5.10 Å². The second kappa shape index (κ2) is 7.29. The summed E-state index contributed by atoms with van der Waals surface area (Å²) in [4.78, 5) is 40.1. The summed E-state index contributed by atoms with van der Waals surface area (Å²) in [5.41, 5.74) is 0.505. The molecule has 0 bridgehead atoms. The van der Waals surface area contributed by atoms with Crippen LogP contribution in [0.4, 0.5) is 0 Å². The first kappa shape index (κ1) is 16.9. The van der Waals surface area contributed by atoms with Crippen LogP contribution in [0.3, 0.4) is 0 Å². The van der Waals surface area contributed by atoms with Gasteiger partial charge in [0.1, 0.15) is 0 Å². The summed E-state index contributed by atoms with van der Waals surface area (Å²) in [6.07, 6.45) is 2.07. The van der Waals surface area contributed by atoms with Gasteiger partial charge in [-0.05, 0) is 25.5 Å². The molecule has 1 atom stereocenters. The van der Waals surface area contributed by atoms with Crippen LogP contribution in [0.2, 0.25) is 0 Å². The number of benzene rings is 1. The van der Waals surface area contributed by atoms with E-state index in [0.29, 0.717) is 25.2 Å². The van der Waals surface area contributed by atoms with Crippen LogP contribution in [0, 0.1) is 0 Å². The number of likely N-dealkylation sites (N-methyl/N-ethyl adjacent to an activating group) is 1. The van der Waals surface area contributed by atoms with Crippen molar-refractivity contribution < 1.29 is 9.59 Å². The zero-order valence-electron chi connectivity index (χ0n) is 14.0. The maximum atomic E-state index is 12.7. The molecule has 7 nitrogen and oxygen atoms in total. The molecule has 130 valence electrons. The topological polar surface area (TPSA) is 86.4 Å². The molecule has 2 heterocycles. The highest BCUT2D eigenvalue weighted by molar-refractivity contribution is 5.95. The van der Waals surface area contributed by atoms with E-state index in [1.165, 1.54) is 12.3 Å². The average Bonchev–Trinajstić information content (AvgIpc) is 3.12. The Morgan fingerprint density at radius 3 is 2.72 bits per heavy atom. The number of carbonyl (C=O) groups is 2. The molecule has 1 aliphatic heterocycles. The molecule has 2 amide bonds. The van der Waals surface area contributed by atoms with E-state index < -0.39 is 5.56 Å². The summed E-state index contributed by atoms with van der Waals surface area (Å²) < 4.78 is 0. The monoisotopic (exact) mass is 340 g/mol. The zero-order chi connectivity index (χ0) is 17.8. The highest BCUT2D eigenvalue weighted by atomic mass is 16.2. The smallest absolute Gasteiger partial charge is 0.264 e. The molecule has 0 saturated carbocycles. The van der Waals surface area contributed by atoms with Gasteiger partial charge in [0, 0.05) is 31.3 Å². The summed E-state index contributed by atoms with van der Waals surface area (Å²) >= 11 is 0. The summed E-state index contributed by atoms with van der Waals surface area (Å²) in [6.45, 7) is 3.52. The van der Waals surface area contributed by atoms with Crippen LogP contribution in [-0.2, 0) is 0 Å². The van der Waals surface area contributed by atoms with Crippen molar-refractivity contribution in [2.45, 2.75) is 19.4 Å². The molecule has 1 aromatic carbocycles. The first-order chi connectivity index (χ1) is 12.1. The van der Waals surface area contributed by atoms with E-state index in [4.69, 9.17) is 0 Å². The molecule has 1 aliphatic rings. The second-order valence-corrected chi connectivity index (χ2v) is 5.98. The van der Waals surface area contributed by atoms with Crippen molar-refractivity contribution in [3.05, 3.63) is 64.1 Å². The lowest BCUT2D eigenvalue weighted by molar-refractivity contribution is 0.0666. The fourth-order valence-electron chi connectivity index (χ4n) is 3.17. The van der Waals surface area contributed by atoms with Crippen molar-refractivity contribution >= 4 is 11.8 Å². The Morgan fingerprint density at radius 1 is 1.28 bits per heavy atom. The predicted octanol–water partition coefficient (Wildman–Crippen LogP) is 1.15. The van der Waals surface area contributed by atoms with Crippen molar-refractivity contribution in [3.8, 4) is 0 Å². The van der Waals surface area contributed by atoms with Gasteiger partial charge in [-0.15, -0.1) is 0 Å². The predicted molar refractivity (Wildman–Crippen MR) is 92.3 cm³/mol. The Hall–Kier alpha value is -2.96. The van der Waals surface area contributed by atoms with Crippen molar-refractivity contribution in [2.75, 3.05) is 19.6 Å². The van der Waals surface area contributed by atoms with Crippen LogP contribution >= 0.6 is 0 Å². The SMILES string of the molecule is CCN(C(=O)c1ccccc1)C1CCN(C(=O)c2cn[nH]c(=O)c2)C1. The summed E-state index contributed by atoms with van der Waals surface area (Å²) in [6, 6.07) is 10.4. The van der Waals surface area contributed by atoms with Gasteiger partial charge >= 0.3 is 0 Å². The number of H-pyrrole nitrogens is 1. The Bertz CT molecular complexity index is 818. The van der Waals surface area contributed by atoms with Gasteiger partial charge in [0.2, 0.25) is 0 Å². The van der Waals surface area contributed by atoms with Crippen LogP contribution in [0.1, 0.15) is 34.1 Å². The maximum Gasteiger partial charge on any atom is 0.264 e. The van der Waals surface area contributed by atoms with Crippen LogP contribution < -0.4 is 5.56 Å². The molecule has 0 aliphatic carbocycles. The van der Waals surface area contributed by atoms with Crippen molar-refractivity contribution in [1.29, 1.82) is 0 Å². The van der Waals surface area contributed by atoms with Gasteiger partial charge in [-0.3, -0.25) is 14.4 Å². The summed E-state index contributed by atoms with van der Waals surface area (Å²) in [7, 11) is 0. The number of carbonyl (C=O) groups excluding carboxylic acids is 2.